The van der Waals surface area contributed by atoms with Crippen molar-refractivity contribution in [1.82, 2.24) is 4.90 Å². The van der Waals surface area contributed by atoms with Crippen molar-refractivity contribution in [1.29, 1.82) is 0 Å². The van der Waals surface area contributed by atoms with E-state index in [0.29, 0.717) is 0 Å². The Morgan fingerprint density at radius 1 is 1.07 bits per heavy atom. The minimum absolute atomic E-state index is 0.751. The lowest BCUT2D eigenvalue weighted by Crippen LogP contribution is -2.34. The summed E-state index contributed by atoms with van der Waals surface area (Å²) in [5, 5.41) is 0. The molecule has 0 radical (unpaired) electrons. The third-order valence-electron chi connectivity index (χ3n) is 2.87. The zero-order valence-electron chi connectivity index (χ0n) is 10.1. The molecule has 86 valence electrons. The predicted octanol–water partition coefficient (Wildman–Crippen LogP) is 3.60. The van der Waals surface area contributed by atoms with Crippen LogP contribution in [0.15, 0.2) is 0 Å². The molecule has 1 atom stereocenters. The van der Waals surface area contributed by atoms with Gasteiger partial charge in [0.2, 0.25) is 0 Å². The average Bonchev–Trinajstić information content (AvgIpc) is 2.22. The van der Waals surface area contributed by atoms with E-state index in [1.54, 1.807) is 0 Å². The lowest BCUT2D eigenvalue weighted by atomic mass is 10.2. The van der Waals surface area contributed by atoms with Crippen LogP contribution in [0.3, 0.4) is 0 Å². The summed E-state index contributed by atoms with van der Waals surface area (Å²) >= 11 is 4.25. The first-order valence-corrected chi connectivity index (χ1v) is 6.74. The van der Waals surface area contributed by atoms with Crippen LogP contribution in [0.1, 0.15) is 52.9 Å². The van der Waals surface area contributed by atoms with Crippen molar-refractivity contribution < 1.29 is 0 Å². The lowest BCUT2D eigenvalue weighted by molar-refractivity contribution is 0.198. The van der Waals surface area contributed by atoms with Gasteiger partial charge < -0.3 is 4.90 Å². The molecule has 0 aliphatic rings. The number of nitrogens with zero attached hydrogens (tertiary/aromatic N) is 1. The summed E-state index contributed by atoms with van der Waals surface area (Å²) < 4.78 is 0. The summed E-state index contributed by atoms with van der Waals surface area (Å²) in [5.41, 5.74) is 0. The standard InChI is InChI=1S/C12H27NS/c1-4-6-9-13(12(3)5-2)10-7-8-11-14/h12,14H,4-11H2,1-3H3. The molecular weight excluding hydrogens is 190 g/mol. The minimum Gasteiger partial charge on any atom is -0.301 e. The number of thiol groups is 1. The third-order valence-corrected chi connectivity index (χ3v) is 3.18. The number of hydrogen-bond donors (Lipinski definition) is 1. The normalized spacial score (nSPS) is 13.5. The van der Waals surface area contributed by atoms with E-state index in [2.05, 4.69) is 38.3 Å². The molecule has 0 fully saturated rings. The van der Waals surface area contributed by atoms with Gasteiger partial charge in [0.15, 0.2) is 0 Å². The monoisotopic (exact) mass is 217 g/mol. The van der Waals surface area contributed by atoms with Crippen LogP contribution in [-0.4, -0.2) is 29.8 Å². The molecule has 1 nitrogen and oxygen atoms in total. The zero-order chi connectivity index (χ0) is 10.8. The fourth-order valence-electron chi connectivity index (χ4n) is 1.60. The van der Waals surface area contributed by atoms with Crippen molar-refractivity contribution >= 4 is 12.6 Å². The van der Waals surface area contributed by atoms with E-state index in [0.717, 1.165) is 11.8 Å². The van der Waals surface area contributed by atoms with E-state index in [1.807, 2.05) is 0 Å². The molecule has 0 saturated heterocycles. The largest absolute Gasteiger partial charge is 0.301 e. The van der Waals surface area contributed by atoms with E-state index < -0.39 is 0 Å². The first kappa shape index (κ1) is 14.3. The second kappa shape index (κ2) is 9.85. The molecule has 0 bridgehead atoms. The molecule has 0 heterocycles. The van der Waals surface area contributed by atoms with Crippen LogP contribution in [-0.2, 0) is 0 Å². The smallest absolute Gasteiger partial charge is 0.00643 e. The van der Waals surface area contributed by atoms with E-state index in [-0.39, 0.29) is 0 Å². The molecule has 0 aliphatic carbocycles. The van der Waals surface area contributed by atoms with E-state index in [1.165, 1.54) is 45.2 Å². The molecule has 0 rings (SSSR count). The summed E-state index contributed by atoms with van der Waals surface area (Å²) in [6.07, 6.45) is 6.47. The first-order chi connectivity index (χ1) is 6.76. The van der Waals surface area contributed by atoms with Gasteiger partial charge in [0.05, 0.1) is 0 Å². The van der Waals surface area contributed by atoms with Crippen molar-refractivity contribution in [2.45, 2.75) is 58.9 Å². The van der Waals surface area contributed by atoms with Crippen LogP contribution in [0.2, 0.25) is 0 Å². The maximum absolute atomic E-state index is 4.25. The molecule has 0 aromatic heterocycles. The Morgan fingerprint density at radius 2 is 1.71 bits per heavy atom. The van der Waals surface area contributed by atoms with E-state index >= 15 is 0 Å². The van der Waals surface area contributed by atoms with Gasteiger partial charge in [0.1, 0.15) is 0 Å². The van der Waals surface area contributed by atoms with Gasteiger partial charge in [-0.1, -0.05) is 20.3 Å². The van der Waals surface area contributed by atoms with Crippen LogP contribution >= 0.6 is 12.6 Å². The van der Waals surface area contributed by atoms with Crippen molar-refractivity contribution in [2.75, 3.05) is 18.8 Å². The Balaban J connectivity index is 3.72. The quantitative estimate of drug-likeness (QED) is 0.456. The van der Waals surface area contributed by atoms with Crippen LogP contribution in [0, 0.1) is 0 Å². The topological polar surface area (TPSA) is 3.24 Å². The Morgan fingerprint density at radius 3 is 2.21 bits per heavy atom. The summed E-state index contributed by atoms with van der Waals surface area (Å²) in [7, 11) is 0. The van der Waals surface area contributed by atoms with Gasteiger partial charge in [-0.2, -0.15) is 12.6 Å². The van der Waals surface area contributed by atoms with Gasteiger partial charge in [-0.15, -0.1) is 0 Å². The van der Waals surface area contributed by atoms with Crippen molar-refractivity contribution in [2.24, 2.45) is 0 Å². The van der Waals surface area contributed by atoms with Crippen LogP contribution in [0.5, 0.6) is 0 Å². The predicted molar refractivity (Wildman–Crippen MR) is 69.3 cm³/mol. The second-order valence-electron chi connectivity index (χ2n) is 4.08. The fraction of sp³-hybridized carbons (Fsp3) is 1.00. The van der Waals surface area contributed by atoms with E-state index in [4.69, 9.17) is 0 Å². The van der Waals surface area contributed by atoms with Gasteiger partial charge >= 0.3 is 0 Å². The summed E-state index contributed by atoms with van der Waals surface area (Å²) in [5.74, 6) is 1.03. The van der Waals surface area contributed by atoms with Gasteiger partial charge in [0, 0.05) is 6.04 Å². The zero-order valence-corrected chi connectivity index (χ0v) is 11.0. The van der Waals surface area contributed by atoms with Gasteiger partial charge in [-0.05, 0) is 51.4 Å². The maximum Gasteiger partial charge on any atom is 0.00643 e. The molecule has 0 N–H and O–H groups in total. The molecular formula is C12H27NS. The number of hydrogen-bond acceptors (Lipinski definition) is 2. The number of unbranched alkanes of at least 4 members (excludes halogenated alkanes) is 2. The number of rotatable bonds is 9. The highest BCUT2D eigenvalue weighted by Gasteiger charge is 2.10. The molecule has 1 unspecified atom stereocenters. The fourth-order valence-corrected chi connectivity index (χ4v) is 1.82. The molecule has 2 heteroatoms. The third kappa shape index (κ3) is 6.72. The van der Waals surface area contributed by atoms with Crippen LogP contribution < -0.4 is 0 Å². The molecule has 14 heavy (non-hydrogen) atoms. The van der Waals surface area contributed by atoms with Crippen molar-refractivity contribution in [3.63, 3.8) is 0 Å². The summed E-state index contributed by atoms with van der Waals surface area (Å²) in [6.45, 7) is 9.43. The van der Waals surface area contributed by atoms with Crippen molar-refractivity contribution in [3.05, 3.63) is 0 Å². The van der Waals surface area contributed by atoms with Crippen LogP contribution in [0.4, 0.5) is 0 Å². The Hall–Kier alpha value is 0.310. The van der Waals surface area contributed by atoms with Gasteiger partial charge in [-0.25, -0.2) is 0 Å². The first-order valence-electron chi connectivity index (χ1n) is 6.11. The Labute approximate surface area is 95.7 Å². The molecule has 0 aromatic carbocycles. The molecule has 0 saturated carbocycles. The minimum atomic E-state index is 0.751. The van der Waals surface area contributed by atoms with E-state index in [9.17, 15) is 0 Å². The van der Waals surface area contributed by atoms with Gasteiger partial charge in [0.25, 0.3) is 0 Å². The van der Waals surface area contributed by atoms with Crippen LogP contribution in [0.25, 0.3) is 0 Å². The molecule has 0 amide bonds. The highest BCUT2D eigenvalue weighted by Crippen LogP contribution is 2.07. The SMILES string of the molecule is CCCCN(CCCCS)C(C)CC. The maximum atomic E-state index is 4.25. The molecule has 0 spiro atoms. The highest BCUT2D eigenvalue weighted by molar-refractivity contribution is 7.80. The lowest BCUT2D eigenvalue weighted by Gasteiger charge is -2.28. The average molecular weight is 217 g/mol. The van der Waals surface area contributed by atoms with Crippen molar-refractivity contribution in [3.8, 4) is 0 Å². The Bertz CT molecular complexity index is 117. The second-order valence-corrected chi connectivity index (χ2v) is 4.52. The van der Waals surface area contributed by atoms with Gasteiger partial charge in [-0.3, -0.25) is 0 Å². The summed E-state index contributed by atoms with van der Waals surface area (Å²) in [6, 6.07) is 0.751. The summed E-state index contributed by atoms with van der Waals surface area (Å²) in [4.78, 5) is 2.63. The Kier molecular flexibility index (Phi) is 10.1. The molecule has 0 aliphatic heterocycles. The highest BCUT2D eigenvalue weighted by atomic mass is 32.1. The molecule has 0 aromatic rings.